The highest BCUT2D eigenvalue weighted by atomic mass is 16.5. The third-order valence-electron chi connectivity index (χ3n) is 3.48. The van der Waals surface area contributed by atoms with Crippen LogP contribution in [0.4, 0.5) is 5.82 Å². The van der Waals surface area contributed by atoms with Crippen LogP contribution in [-0.2, 0) is 11.2 Å². The second-order valence-electron chi connectivity index (χ2n) is 5.25. The predicted octanol–water partition coefficient (Wildman–Crippen LogP) is 1.48. The lowest BCUT2D eigenvalue weighted by atomic mass is 10.1. The minimum Gasteiger partial charge on any atom is -0.373 e. The van der Waals surface area contributed by atoms with Crippen molar-refractivity contribution in [3.63, 3.8) is 0 Å². The molecule has 1 aliphatic rings. The summed E-state index contributed by atoms with van der Waals surface area (Å²) in [7, 11) is 2.13. The van der Waals surface area contributed by atoms with E-state index in [1.165, 1.54) is 0 Å². The Labute approximate surface area is 115 Å². The topological polar surface area (TPSA) is 50.3 Å². The number of morpholine rings is 1. The van der Waals surface area contributed by atoms with Gasteiger partial charge in [0.05, 0.1) is 18.8 Å². The lowest BCUT2D eigenvalue weighted by molar-refractivity contribution is -0.0260. The Balaban J connectivity index is 2.01. The summed E-state index contributed by atoms with van der Waals surface area (Å²) >= 11 is 0. The van der Waals surface area contributed by atoms with Gasteiger partial charge < -0.3 is 15.0 Å². The molecule has 5 heteroatoms. The largest absolute Gasteiger partial charge is 0.373 e. The summed E-state index contributed by atoms with van der Waals surface area (Å²) in [6, 6.07) is 2.26. The molecular weight excluding hydrogens is 240 g/mol. The molecule has 2 unspecified atom stereocenters. The van der Waals surface area contributed by atoms with E-state index in [-0.39, 0.29) is 12.1 Å². The van der Waals surface area contributed by atoms with Crippen LogP contribution in [0.3, 0.4) is 0 Å². The molecule has 5 nitrogen and oxygen atoms in total. The molecule has 0 aromatic carbocycles. The Hall–Kier alpha value is -1.20. The maximum absolute atomic E-state index is 5.82. The van der Waals surface area contributed by atoms with Crippen molar-refractivity contribution in [2.45, 2.75) is 39.3 Å². The summed E-state index contributed by atoms with van der Waals surface area (Å²) in [5, 5.41) is 3.44. The van der Waals surface area contributed by atoms with E-state index in [2.05, 4.69) is 41.1 Å². The monoisotopic (exact) mass is 264 g/mol. The molecule has 1 N–H and O–H groups in total. The van der Waals surface area contributed by atoms with Gasteiger partial charge in [0.25, 0.3) is 0 Å². The van der Waals surface area contributed by atoms with E-state index in [4.69, 9.17) is 4.74 Å². The molecule has 1 saturated heterocycles. The number of nitrogens with zero attached hydrogens (tertiary/aromatic N) is 3. The fraction of sp³-hybridized carbons (Fsp3) is 0.714. The second-order valence-corrected chi connectivity index (χ2v) is 5.25. The van der Waals surface area contributed by atoms with Crippen LogP contribution in [0.1, 0.15) is 25.4 Å². The number of hydrogen-bond donors (Lipinski definition) is 1. The van der Waals surface area contributed by atoms with Gasteiger partial charge in [-0.1, -0.05) is 6.92 Å². The van der Waals surface area contributed by atoms with Crippen LogP contribution in [0.2, 0.25) is 0 Å². The van der Waals surface area contributed by atoms with Gasteiger partial charge in [-0.25, -0.2) is 9.97 Å². The van der Waals surface area contributed by atoms with E-state index in [0.29, 0.717) is 0 Å². The molecule has 2 atom stereocenters. The van der Waals surface area contributed by atoms with Gasteiger partial charge in [0.2, 0.25) is 0 Å². The smallest absolute Gasteiger partial charge is 0.130 e. The molecule has 0 amide bonds. The second kappa shape index (κ2) is 6.30. The first kappa shape index (κ1) is 14.2. The molecule has 0 aliphatic carbocycles. The molecule has 2 rings (SSSR count). The SMILES string of the molecule is CCc1cc(NC(C)C2CN(C)CCO2)nc(C)n1. The number of likely N-dealkylation sites (N-methyl/N-ethyl adjacent to an activating group) is 1. The minimum absolute atomic E-state index is 0.207. The van der Waals surface area contributed by atoms with Crippen LogP contribution in [0, 0.1) is 6.92 Å². The van der Waals surface area contributed by atoms with Gasteiger partial charge in [-0.05, 0) is 27.3 Å². The summed E-state index contributed by atoms with van der Waals surface area (Å²) < 4.78 is 5.82. The van der Waals surface area contributed by atoms with E-state index in [1.54, 1.807) is 0 Å². The van der Waals surface area contributed by atoms with Crippen molar-refractivity contribution in [3.8, 4) is 0 Å². The van der Waals surface area contributed by atoms with E-state index >= 15 is 0 Å². The average Bonchev–Trinajstić information content (AvgIpc) is 2.38. The van der Waals surface area contributed by atoms with E-state index < -0.39 is 0 Å². The van der Waals surface area contributed by atoms with Crippen molar-refractivity contribution < 1.29 is 4.74 Å². The first-order valence-corrected chi connectivity index (χ1v) is 6.99. The lowest BCUT2D eigenvalue weighted by Crippen LogP contribution is -2.47. The van der Waals surface area contributed by atoms with Crippen LogP contribution in [0.15, 0.2) is 6.07 Å². The molecular formula is C14H24N4O. The minimum atomic E-state index is 0.207. The molecule has 0 radical (unpaired) electrons. The van der Waals surface area contributed by atoms with Crippen molar-refractivity contribution >= 4 is 5.82 Å². The van der Waals surface area contributed by atoms with Gasteiger partial charge in [-0.2, -0.15) is 0 Å². The van der Waals surface area contributed by atoms with Crippen LogP contribution in [-0.4, -0.2) is 53.8 Å². The number of aryl methyl sites for hydroxylation is 2. The van der Waals surface area contributed by atoms with Crippen LogP contribution >= 0.6 is 0 Å². The van der Waals surface area contributed by atoms with Crippen molar-refractivity contribution in [3.05, 3.63) is 17.6 Å². The summed E-state index contributed by atoms with van der Waals surface area (Å²) in [6.07, 6.45) is 1.13. The summed E-state index contributed by atoms with van der Waals surface area (Å²) in [4.78, 5) is 11.1. The Morgan fingerprint density at radius 2 is 2.32 bits per heavy atom. The zero-order valence-electron chi connectivity index (χ0n) is 12.3. The molecule has 19 heavy (non-hydrogen) atoms. The number of anilines is 1. The number of rotatable bonds is 4. The van der Waals surface area contributed by atoms with E-state index in [9.17, 15) is 0 Å². The third-order valence-corrected chi connectivity index (χ3v) is 3.48. The highest BCUT2D eigenvalue weighted by Gasteiger charge is 2.23. The quantitative estimate of drug-likeness (QED) is 0.892. The molecule has 1 aromatic rings. The molecule has 2 heterocycles. The molecule has 1 aromatic heterocycles. The van der Waals surface area contributed by atoms with Crippen molar-refractivity contribution in [1.82, 2.24) is 14.9 Å². The number of nitrogens with one attached hydrogen (secondary N) is 1. The number of ether oxygens (including phenoxy) is 1. The van der Waals surface area contributed by atoms with Crippen LogP contribution in [0.25, 0.3) is 0 Å². The summed E-state index contributed by atoms with van der Waals surface area (Å²) in [5.74, 6) is 1.71. The number of aromatic nitrogens is 2. The molecule has 0 bridgehead atoms. The maximum atomic E-state index is 5.82. The fourth-order valence-corrected chi connectivity index (χ4v) is 2.32. The van der Waals surface area contributed by atoms with Crippen molar-refractivity contribution in [1.29, 1.82) is 0 Å². The normalized spacial score (nSPS) is 22.2. The van der Waals surface area contributed by atoms with E-state index in [0.717, 1.165) is 43.5 Å². The Morgan fingerprint density at radius 3 is 3.00 bits per heavy atom. The highest BCUT2D eigenvalue weighted by Crippen LogP contribution is 2.13. The average molecular weight is 264 g/mol. The fourth-order valence-electron chi connectivity index (χ4n) is 2.32. The summed E-state index contributed by atoms with van der Waals surface area (Å²) in [5.41, 5.74) is 1.07. The zero-order chi connectivity index (χ0) is 13.8. The van der Waals surface area contributed by atoms with Crippen LogP contribution in [0.5, 0.6) is 0 Å². The Bertz CT molecular complexity index is 424. The van der Waals surface area contributed by atoms with Crippen molar-refractivity contribution in [2.75, 3.05) is 32.1 Å². The maximum Gasteiger partial charge on any atom is 0.130 e. The van der Waals surface area contributed by atoms with Gasteiger partial charge in [0.1, 0.15) is 11.6 Å². The first-order valence-electron chi connectivity index (χ1n) is 6.99. The predicted molar refractivity (Wildman–Crippen MR) is 76.5 cm³/mol. The van der Waals surface area contributed by atoms with Crippen molar-refractivity contribution in [2.24, 2.45) is 0 Å². The third kappa shape index (κ3) is 3.88. The Kier molecular flexibility index (Phi) is 4.71. The molecule has 106 valence electrons. The lowest BCUT2D eigenvalue weighted by Gasteiger charge is -2.34. The zero-order valence-corrected chi connectivity index (χ0v) is 12.3. The molecule has 0 spiro atoms. The molecule has 0 saturated carbocycles. The van der Waals surface area contributed by atoms with E-state index in [1.807, 2.05) is 13.0 Å². The van der Waals surface area contributed by atoms with Gasteiger partial charge >= 0.3 is 0 Å². The van der Waals surface area contributed by atoms with Gasteiger partial charge in [0, 0.05) is 24.8 Å². The standard InChI is InChI=1S/C14H24N4O/c1-5-12-8-14(17-11(3)16-12)15-10(2)13-9-18(4)6-7-19-13/h8,10,13H,5-7,9H2,1-4H3,(H,15,16,17). The summed E-state index contributed by atoms with van der Waals surface area (Å²) in [6.45, 7) is 8.95. The molecule has 1 fully saturated rings. The highest BCUT2D eigenvalue weighted by molar-refractivity contribution is 5.37. The number of hydrogen-bond acceptors (Lipinski definition) is 5. The van der Waals surface area contributed by atoms with Gasteiger partial charge in [0.15, 0.2) is 0 Å². The van der Waals surface area contributed by atoms with Gasteiger partial charge in [-0.3, -0.25) is 0 Å². The Morgan fingerprint density at radius 1 is 1.53 bits per heavy atom. The molecule has 1 aliphatic heterocycles. The van der Waals surface area contributed by atoms with Crippen LogP contribution < -0.4 is 5.32 Å². The van der Waals surface area contributed by atoms with Gasteiger partial charge in [-0.15, -0.1) is 0 Å². The first-order chi connectivity index (χ1) is 9.08.